The molecule has 0 aliphatic carbocycles. The fourth-order valence-corrected chi connectivity index (χ4v) is 2.75. The first-order valence-electron chi connectivity index (χ1n) is 7.20. The van der Waals surface area contributed by atoms with Crippen LogP contribution in [0.3, 0.4) is 0 Å². The molecule has 2 rings (SSSR count). The van der Waals surface area contributed by atoms with E-state index >= 15 is 0 Å². The van der Waals surface area contributed by atoms with Crippen molar-refractivity contribution in [2.24, 2.45) is 0 Å². The zero-order chi connectivity index (χ0) is 18.7. The number of nitrogens with one attached hydrogen (secondary N) is 1. The Hall–Kier alpha value is -2.38. The highest BCUT2D eigenvalue weighted by Gasteiger charge is 2.36. The molecule has 1 fully saturated rings. The van der Waals surface area contributed by atoms with Gasteiger partial charge in [-0.25, -0.2) is 14.5 Å². The monoisotopic (exact) mass is 384 g/mol. The van der Waals surface area contributed by atoms with Crippen molar-refractivity contribution in [3.8, 4) is 0 Å². The van der Waals surface area contributed by atoms with E-state index in [-0.39, 0.29) is 33.6 Å². The van der Waals surface area contributed by atoms with E-state index in [1.807, 2.05) is 0 Å². The third-order valence-corrected chi connectivity index (χ3v) is 3.57. The maximum absolute atomic E-state index is 12.4. The van der Waals surface area contributed by atoms with Crippen LogP contribution in [-0.4, -0.2) is 29.8 Å². The lowest BCUT2D eigenvalue weighted by atomic mass is 10.2. The number of benzene rings is 1. The molecule has 1 N–H and O–H groups in total. The molecule has 0 aromatic heterocycles. The first-order valence-corrected chi connectivity index (χ1v) is 7.96. The summed E-state index contributed by atoms with van der Waals surface area (Å²) in [4.78, 5) is 48.0. The summed E-state index contributed by atoms with van der Waals surface area (Å²) in [5, 5.41) is 2.78. The highest BCUT2D eigenvalue weighted by atomic mass is 35.5. The number of anilines is 1. The second-order valence-electron chi connectivity index (χ2n) is 5.41. The number of Topliss-reactive ketones (excluding diaryl/α,β-unsaturated/α-hetero) is 1. The molecule has 1 heterocycles. The van der Waals surface area contributed by atoms with E-state index in [4.69, 9.17) is 27.9 Å². The van der Waals surface area contributed by atoms with Gasteiger partial charge in [0.25, 0.3) is 5.91 Å². The number of carbonyl (C=O) groups excluding carboxylic acids is 4. The third-order valence-electron chi connectivity index (χ3n) is 3.14. The van der Waals surface area contributed by atoms with Gasteiger partial charge in [-0.15, -0.1) is 0 Å². The summed E-state index contributed by atoms with van der Waals surface area (Å²) in [6, 6.07) is 3.48. The molecule has 1 unspecified atom stereocenters. The van der Waals surface area contributed by atoms with Crippen LogP contribution in [0.5, 0.6) is 0 Å². The SMILES string of the molecule is CC(=O)CC(C)OC(=O)/C=C1\NC(=O)N(c2cc(Cl)cc(Cl)c2)C1=O. The zero-order valence-corrected chi connectivity index (χ0v) is 14.9. The number of carbonyl (C=O) groups is 4. The van der Waals surface area contributed by atoms with E-state index in [9.17, 15) is 19.2 Å². The van der Waals surface area contributed by atoms with E-state index < -0.39 is 24.0 Å². The van der Waals surface area contributed by atoms with Crippen molar-refractivity contribution in [3.63, 3.8) is 0 Å². The van der Waals surface area contributed by atoms with Gasteiger partial charge in [0, 0.05) is 16.5 Å². The van der Waals surface area contributed by atoms with Crippen molar-refractivity contribution < 1.29 is 23.9 Å². The van der Waals surface area contributed by atoms with Crippen molar-refractivity contribution in [2.45, 2.75) is 26.4 Å². The summed E-state index contributed by atoms with van der Waals surface area (Å²) in [5.74, 6) is -1.73. The first kappa shape index (κ1) is 19.0. The number of nitrogens with zero attached hydrogens (tertiary/aromatic N) is 1. The van der Waals surface area contributed by atoms with Crippen LogP contribution < -0.4 is 10.2 Å². The molecule has 1 aromatic carbocycles. The normalized spacial score (nSPS) is 16.8. The topological polar surface area (TPSA) is 92.8 Å². The Labute approximate surface area is 153 Å². The van der Waals surface area contributed by atoms with Gasteiger partial charge in [0.1, 0.15) is 17.6 Å². The quantitative estimate of drug-likeness (QED) is 0.478. The van der Waals surface area contributed by atoms with Gasteiger partial charge in [-0.2, -0.15) is 0 Å². The Bertz CT molecular complexity index is 770. The number of hydrogen-bond acceptors (Lipinski definition) is 5. The van der Waals surface area contributed by atoms with E-state index in [1.54, 1.807) is 6.92 Å². The average molecular weight is 385 g/mol. The van der Waals surface area contributed by atoms with Crippen molar-refractivity contribution in [1.82, 2.24) is 5.32 Å². The van der Waals surface area contributed by atoms with Gasteiger partial charge in [-0.1, -0.05) is 23.2 Å². The van der Waals surface area contributed by atoms with Crippen LogP contribution in [0, 0.1) is 0 Å². The molecule has 1 aliphatic heterocycles. The van der Waals surface area contributed by atoms with Gasteiger partial charge in [0.15, 0.2) is 0 Å². The van der Waals surface area contributed by atoms with Gasteiger partial charge < -0.3 is 10.1 Å². The van der Waals surface area contributed by atoms with Crippen LogP contribution in [0.2, 0.25) is 10.0 Å². The molecule has 132 valence electrons. The number of ether oxygens (including phenoxy) is 1. The van der Waals surface area contributed by atoms with E-state index in [0.717, 1.165) is 11.0 Å². The molecule has 0 radical (unpaired) electrons. The molecular formula is C16H14Cl2N2O5. The van der Waals surface area contributed by atoms with E-state index in [0.29, 0.717) is 0 Å². The molecule has 1 atom stereocenters. The summed E-state index contributed by atoms with van der Waals surface area (Å²) >= 11 is 11.7. The molecule has 7 nitrogen and oxygen atoms in total. The van der Waals surface area contributed by atoms with Crippen LogP contribution in [-0.2, 0) is 19.1 Å². The van der Waals surface area contributed by atoms with Crippen molar-refractivity contribution in [3.05, 3.63) is 40.0 Å². The number of ketones is 1. The van der Waals surface area contributed by atoms with Crippen molar-refractivity contribution in [1.29, 1.82) is 0 Å². The number of imide groups is 1. The first-order chi connectivity index (χ1) is 11.7. The van der Waals surface area contributed by atoms with Gasteiger partial charge in [-0.3, -0.25) is 9.59 Å². The van der Waals surface area contributed by atoms with Gasteiger partial charge in [0.05, 0.1) is 11.8 Å². The second kappa shape index (κ2) is 7.67. The predicted molar refractivity (Wildman–Crippen MR) is 91.4 cm³/mol. The Balaban J connectivity index is 2.17. The van der Waals surface area contributed by atoms with E-state index in [2.05, 4.69) is 5.32 Å². The summed E-state index contributed by atoms with van der Waals surface area (Å²) in [7, 11) is 0. The van der Waals surface area contributed by atoms with Crippen LogP contribution in [0.15, 0.2) is 30.0 Å². The van der Waals surface area contributed by atoms with Crippen LogP contribution >= 0.6 is 23.2 Å². The lowest BCUT2D eigenvalue weighted by Crippen LogP contribution is -2.30. The molecule has 3 amide bonds. The maximum atomic E-state index is 12.4. The fourth-order valence-electron chi connectivity index (χ4n) is 2.23. The zero-order valence-electron chi connectivity index (χ0n) is 13.3. The molecule has 0 bridgehead atoms. The number of amides is 3. The highest BCUT2D eigenvalue weighted by molar-refractivity contribution is 6.36. The van der Waals surface area contributed by atoms with Crippen LogP contribution in [0.1, 0.15) is 20.3 Å². The average Bonchev–Trinajstić information content (AvgIpc) is 2.70. The Kier molecular flexibility index (Phi) is 5.81. The molecule has 1 aromatic rings. The molecule has 25 heavy (non-hydrogen) atoms. The summed E-state index contributed by atoms with van der Waals surface area (Å²) in [6.07, 6.45) is 0.280. The summed E-state index contributed by atoms with van der Waals surface area (Å²) in [5.41, 5.74) is -0.0807. The summed E-state index contributed by atoms with van der Waals surface area (Å²) in [6.45, 7) is 2.92. The lowest BCUT2D eigenvalue weighted by Gasteiger charge is -2.12. The highest BCUT2D eigenvalue weighted by Crippen LogP contribution is 2.28. The number of halogens is 2. The fraction of sp³-hybridized carbons (Fsp3) is 0.250. The predicted octanol–water partition coefficient (Wildman–Crippen LogP) is 2.84. The van der Waals surface area contributed by atoms with Gasteiger partial charge in [-0.05, 0) is 32.0 Å². The van der Waals surface area contributed by atoms with Crippen LogP contribution in [0.4, 0.5) is 10.5 Å². The number of urea groups is 1. The molecule has 1 aliphatic rings. The molecule has 9 heteroatoms. The molecule has 0 saturated carbocycles. The Morgan fingerprint density at radius 2 is 1.84 bits per heavy atom. The van der Waals surface area contributed by atoms with E-state index in [1.165, 1.54) is 25.1 Å². The minimum Gasteiger partial charge on any atom is -0.459 e. The third kappa shape index (κ3) is 4.80. The van der Waals surface area contributed by atoms with Crippen molar-refractivity contribution >= 4 is 52.6 Å². The summed E-state index contributed by atoms with van der Waals surface area (Å²) < 4.78 is 4.99. The minimum atomic E-state index is -0.844. The molecular weight excluding hydrogens is 371 g/mol. The lowest BCUT2D eigenvalue weighted by molar-refractivity contribution is -0.143. The molecule has 0 spiro atoms. The number of hydrogen-bond donors (Lipinski definition) is 1. The molecule has 1 saturated heterocycles. The van der Waals surface area contributed by atoms with Gasteiger partial charge in [0.2, 0.25) is 0 Å². The Morgan fingerprint density at radius 1 is 1.24 bits per heavy atom. The smallest absolute Gasteiger partial charge is 0.333 e. The van der Waals surface area contributed by atoms with Gasteiger partial charge >= 0.3 is 12.0 Å². The Morgan fingerprint density at radius 3 is 2.40 bits per heavy atom. The number of rotatable bonds is 5. The largest absolute Gasteiger partial charge is 0.459 e. The van der Waals surface area contributed by atoms with Crippen molar-refractivity contribution in [2.75, 3.05) is 4.90 Å². The minimum absolute atomic E-state index is 0.0579. The maximum Gasteiger partial charge on any atom is 0.333 e. The second-order valence-corrected chi connectivity index (χ2v) is 6.28. The standard InChI is InChI=1S/C16H14Cl2N2O5/c1-8(21)3-9(2)25-14(22)7-13-15(23)20(16(24)19-13)12-5-10(17)4-11(18)6-12/h4-7,9H,3H2,1-2H3,(H,19,24)/b13-7-. The van der Waals surface area contributed by atoms with Crippen LogP contribution in [0.25, 0.3) is 0 Å². The number of esters is 1.